The molecule has 0 radical (unpaired) electrons. The first-order chi connectivity index (χ1) is 46.1. The molecular weight excluding hydrogens is 1370 g/mol. The molecule has 4 aliphatic heterocycles. The van der Waals surface area contributed by atoms with Crippen LogP contribution < -0.4 is 47.7 Å². The summed E-state index contributed by atoms with van der Waals surface area (Å²) >= 11 is 23.7. The Morgan fingerprint density at radius 1 is 0.490 bits per heavy atom. The Bertz CT molecular complexity index is 4090. The molecule has 30 heteroatoms. The number of rotatable bonds is 22. The maximum Gasteiger partial charge on any atom is 0.261 e. The second kappa shape index (κ2) is 30.6. The summed E-state index contributed by atoms with van der Waals surface area (Å²) in [5.74, 6) is 1.66. The lowest BCUT2D eigenvalue weighted by molar-refractivity contribution is -0.132. The first kappa shape index (κ1) is 68.8. The molecule has 0 saturated carbocycles. The van der Waals surface area contributed by atoms with Crippen LogP contribution in [-0.2, 0) is 42.7 Å². The van der Waals surface area contributed by atoms with Crippen LogP contribution in [0.1, 0.15) is 25.0 Å². The number of fused-ring (bicyclic) bond motifs is 2. The number of halogens is 6. The number of aromatic nitrogens is 2. The summed E-state index contributed by atoms with van der Waals surface area (Å²) in [6.45, 7) is 12.4. The van der Waals surface area contributed by atoms with Crippen LogP contribution >= 0.6 is 46.4 Å². The van der Waals surface area contributed by atoms with Gasteiger partial charge in [0.05, 0.1) is 66.7 Å². The van der Waals surface area contributed by atoms with Gasteiger partial charge in [0, 0.05) is 114 Å². The van der Waals surface area contributed by atoms with Crippen LogP contribution in [0.4, 0.5) is 31.5 Å². The minimum absolute atomic E-state index is 0.0283. The number of nitrogens with zero attached hydrogens (tertiary/aromatic N) is 8. The van der Waals surface area contributed by atoms with Crippen molar-refractivity contribution in [2.45, 2.75) is 36.7 Å². The zero-order chi connectivity index (χ0) is 67.7. The van der Waals surface area contributed by atoms with Crippen LogP contribution in [0.15, 0.2) is 156 Å². The third-order valence-electron chi connectivity index (χ3n) is 15.9. The smallest absolute Gasteiger partial charge is 0.261 e. The molecule has 0 unspecified atom stereocenters. The van der Waals surface area contributed by atoms with E-state index in [1.54, 1.807) is 21.9 Å². The predicted octanol–water partition coefficient (Wildman–Crippen LogP) is 12.0. The first-order valence-corrected chi connectivity index (χ1v) is 34.7. The number of nitrogens with one attached hydrogen (secondary N) is 2. The van der Waals surface area contributed by atoms with E-state index in [4.69, 9.17) is 74.8 Å². The molecule has 6 heterocycles. The maximum absolute atomic E-state index is 15.2. The van der Waals surface area contributed by atoms with Gasteiger partial charge in [0.25, 0.3) is 20.0 Å². The number of benzene rings is 6. The van der Waals surface area contributed by atoms with Crippen molar-refractivity contribution in [2.75, 3.05) is 111 Å². The molecule has 22 nitrogen and oxygen atoms in total. The SMILES string of the molecule is CCN(CC(=O)N1CCN(Cc2ccc3c(c2)OCO3)CC1)c1ccc(Oc2ccc(NS(=O)(=O)c3ccc(Cl)c(Cl)c3)cn2)c(F)c1.CCN(CC(=O)N1CCN(Cc2ccc3c(c2)OCO3)CC1)c1ccc(Oc2ccc(NS(=O)(=O)c3ccc(Cl)c(Cl)c3)cn2)c(F)c1. The molecule has 2 amide bonds. The molecule has 6 aromatic carbocycles. The third kappa shape index (κ3) is 17.3. The van der Waals surface area contributed by atoms with E-state index in [0.29, 0.717) is 50.6 Å². The number of ether oxygens (including phenoxy) is 6. The van der Waals surface area contributed by atoms with E-state index in [1.807, 2.05) is 60.0 Å². The molecule has 96 heavy (non-hydrogen) atoms. The predicted molar refractivity (Wildman–Crippen MR) is 361 cm³/mol. The van der Waals surface area contributed by atoms with Crippen LogP contribution in [0, 0.1) is 11.6 Å². The van der Waals surface area contributed by atoms with Crippen LogP contribution in [0.3, 0.4) is 0 Å². The Hall–Kier alpha value is -8.60. The van der Waals surface area contributed by atoms with Crippen molar-refractivity contribution in [3.63, 3.8) is 0 Å². The minimum Gasteiger partial charge on any atom is -0.454 e. The number of hydrogen-bond acceptors (Lipinski definition) is 18. The highest BCUT2D eigenvalue weighted by Crippen LogP contribution is 2.36. The number of pyridine rings is 2. The fraction of sp³-hybridized carbons (Fsp3) is 0.273. The summed E-state index contributed by atoms with van der Waals surface area (Å²) in [4.78, 5) is 46.3. The molecule has 2 fully saturated rings. The number of amides is 2. The van der Waals surface area contributed by atoms with Gasteiger partial charge in [-0.2, -0.15) is 0 Å². The second-order valence-corrected chi connectivity index (χ2v) is 27.3. The van der Waals surface area contributed by atoms with Gasteiger partial charge in [-0.05, 0) is 122 Å². The minimum atomic E-state index is -3.95. The Morgan fingerprint density at radius 3 is 1.24 bits per heavy atom. The zero-order valence-corrected chi connectivity index (χ0v) is 56.4. The normalized spacial score (nSPS) is 14.5. The number of sulfonamides is 2. The molecule has 0 spiro atoms. The summed E-state index contributed by atoms with van der Waals surface area (Å²) in [7, 11) is -7.91. The quantitative estimate of drug-likeness (QED) is 0.0643. The Kier molecular flexibility index (Phi) is 22.0. The van der Waals surface area contributed by atoms with Crippen molar-refractivity contribution in [3.05, 3.63) is 189 Å². The van der Waals surface area contributed by atoms with Crippen LogP contribution in [0.25, 0.3) is 0 Å². The first-order valence-electron chi connectivity index (χ1n) is 30.3. The molecule has 8 aromatic rings. The summed E-state index contributed by atoms with van der Waals surface area (Å²) in [5, 5.41) is 0.670. The van der Waals surface area contributed by atoms with E-state index in [9.17, 15) is 26.4 Å². The second-order valence-electron chi connectivity index (χ2n) is 22.3. The van der Waals surface area contributed by atoms with Gasteiger partial charge in [0.1, 0.15) is 0 Å². The lowest BCUT2D eigenvalue weighted by atomic mass is 10.1. The fourth-order valence-corrected chi connectivity index (χ4v) is 13.5. The molecule has 2 saturated heterocycles. The highest BCUT2D eigenvalue weighted by atomic mass is 35.5. The number of carbonyl (C=O) groups is 2. The van der Waals surface area contributed by atoms with Gasteiger partial charge in [-0.3, -0.25) is 28.8 Å². The Balaban J connectivity index is 0.000000195. The standard InChI is InChI=1S/2C33H32Cl2FN5O6S/c2*1-2-40(20-33(42)41-13-11-39(12-14-41)19-22-3-8-30-31(15-22)46-21-45-30)24-5-9-29(28(36)16-24)47-32-10-4-23(18-37-32)38-48(43,44)25-6-7-26(34)27(35)17-25/h2*3-10,15-18,38H,2,11-14,19-21H2,1H3. The molecule has 12 rings (SSSR count). The van der Waals surface area contributed by atoms with Gasteiger partial charge in [-0.1, -0.05) is 58.5 Å². The molecule has 4 aliphatic rings. The highest BCUT2D eigenvalue weighted by Gasteiger charge is 2.27. The molecule has 0 aliphatic carbocycles. The van der Waals surface area contributed by atoms with Gasteiger partial charge in [-0.15, -0.1) is 0 Å². The van der Waals surface area contributed by atoms with E-state index in [-0.39, 0.29) is 103 Å². The average Bonchev–Trinajstić information content (AvgIpc) is 1.23. The molecule has 504 valence electrons. The fourth-order valence-electron chi connectivity index (χ4n) is 10.7. The van der Waals surface area contributed by atoms with Crippen LogP contribution in [0.2, 0.25) is 20.1 Å². The van der Waals surface area contributed by atoms with Crippen molar-refractivity contribution < 1.29 is 63.6 Å². The van der Waals surface area contributed by atoms with Crippen molar-refractivity contribution >= 4 is 101 Å². The van der Waals surface area contributed by atoms with Crippen molar-refractivity contribution in [1.82, 2.24) is 29.6 Å². The third-order valence-corrected chi connectivity index (χ3v) is 20.2. The van der Waals surface area contributed by atoms with E-state index >= 15 is 8.78 Å². The number of piperazine rings is 2. The topological polar surface area (TPSA) is 227 Å². The van der Waals surface area contributed by atoms with Gasteiger partial charge >= 0.3 is 0 Å². The molecule has 2 N–H and O–H groups in total. The molecule has 2 aromatic heterocycles. The van der Waals surface area contributed by atoms with Crippen LogP contribution in [-0.4, -0.2) is 150 Å². The maximum atomic E-state index is 15.2. The lowest BCUT2D eigenvalue weighted by Crippen LogP contribution is -2.51. The summed E-state index contributed by atoms with van der Waals surface area (Å²) in [6.07, 6.45) is 2.50. The van der Waals surface area contributed by atoms with E-state index in [1.165, 1.54) is 97.3 Å². The number of hydrogen-bond donors (Lipinski definition) is 2. The van der Waals surface area contributed by atoms with E-state index < -0.39 is 31.7 Å². The van der Waals surface area contributed by atoms with Crippen molar-refractivity contribution in [3.8, 4) is 46.3 Å². The van der Waals surface area contributed by atoms with Crippen molar-refractivity contribution in [1.29, 1.82) is 0 Å². The molecule has 0 bridgehead atoms. The number of likely N-dealkylation sites (N-methyl/N-ethyl adjacent to an activating group) is 2. The summed E-state index contributed by atoms with van der Waals surface area (Å²) in [6, 6.07) is 34.4. The number of anilines is 4. The highest BCUT2D eigenvalue weighted by molar-refractivity contribution is 7.93. The largest absolute Gasteiger partial charge is 0.454 e. The summed E-state index contributed by atoms with van der Waals surface area (Å²) in [5.41, 5.74) is 3.66. The van der Waals surface area contributed by atoms with Gasteiger partial charge in [0.15, 0.2) is 46.1 Å². The van der Waals surface area contributed by atoms with Gasteiger partial charge in [0.2, 0.25) is 37.2 Å². The Labute approximate surface area is 573 Å². The van der Waals surface area contributed by atoms with Crippen LogP contribution in [0.5, 0.6) is 46.3 Å². The van der Waals surface area contributed by atoms with Gasteiger partial charge < -0.3 is 48.0 Å². The lowest BCUT2D eigenvalue weighted by Gasteiger charge is -2.36. The van der Waals surface area contributed by atoms with E-state index in [2.05, 4.69) is 29.2 Å². The Morgan fingerprint density at radius 2 is 0.885 bits per heavy atom. The monoisotopic (exact) mass is 1430 g/mol. The molecule has 0 atom stereocenters. The van der Waals surface area contributed by atoms with E-state index in [0.717, 1.165) is 73.4 Å². The van der Waals surface area contributed by atoms with Crippen molar-refractivity contribution in [2.24, 2.45) is 0 Å². The van der Waals surface area contributed by atoms with Gasteiger partial charge in [-0.25, -0.2) is 35.6 Å². The zero-order valence-electron chi connectivity index (χ0n) is 51.7. The summed E-state index contributed by atoms with van der Waals surface area (Å²) < 4.78 is 119. The number of carbonyl (C=O) groups excluding carboxylic acids is 2. The average molecular weight is 1430 g/mol. The molecular formula is C66H64Cl4F2N10O12S2.